The number of aliphatic carboxylic acids is 1. The van der Waals surface area contributed by atoms with Gasteiger partial charge in [-0.05, 0) is 69.6 Å². The summed E-state index contributed by atoms with van der Waals surface area (Å²) in [6.07, 6.45) is 6.29. The number of nitrogens with two attached hydrogens (primary N) is 3. The van der Waals surface area contributed by atoms with Crippen LogP contribution in [0.5, 0.6) is 5.75 Å². The van der Waals surface area contributed by atoms with Gasteiger partial charge in [-0.3, -0.25) is 43.2 Å². The molecule has 18 N–H and O–H groups in total. The summed E-state index contributed by atoms with van der Waals surface area (Å²) in [7, 11) is 0. The molecule has 2 aliphatic carbocycles. The molecule has 4 fully saturated rings. The highest BCUT2D eigenvalue weighted by atomic mass is 16.4. The Morgan fingerprint density at radius 2 is 1.05 bits per heavy atom. The Balaban J connectivity index is 1.29. The Hall–Kier alpha value is -6.40. The van der Waals surface area contributed by atoms with E-state index in [1.54, 1.807) is 12.1 Å². The maximum Gasteiger partial charge on any atom is 0.243 e. The first-order chi connectivity index (χ1) is 35.8. The van der Waals surface area contributed by atoms with E-state index in [-0.39, 0.29) is 56.7 Å². The fourth-order valence-corrected chi connectivity index (χ4v) is 10.9. The largest absolute Gasteiger partial charge is 0.550 e. The van der Waals surface area contributed by atoms with E-state index < -0.39 is 125 Å². The van der Waals surface area contributed by atoms with Crippen molar-refractivity contribution in [3.63, 3.8) is 0 Å². The van der Waals surface area contributed by atoms with E-state index in [1.165, 1.54) is 26.0 Å². The maximum absolute atomic E-state index is 14.5. The Morgan fingerprint density at radius 1 is 0.613 bits per heavy atom. The molecule has 12 atom stereocenters. The minimum absolute atomic E-state index is 0.000637. The van der Waals surface area contributed by atoms with Gasteiger partial charge < -0.3 is 79.6 Å². The Morgan fingerprint density at radius 3 is 1.55 bits per heavy atom. The van der Waals surface area contributed by atoms with Crippen LogP contribution in [-0.4, -0.2) is 145 Å². The average molecular weight is 1060 g/mol. The first-order valence-electron chi connectivity index (χ1n) is 26.9. The van der Waals surface area contributed by atoms with Crippen molar-refractivity contribution in [1.29, 1.82) is 0 Å². The number of hydrogen-bond acceptors (Lipinski definition) is 12. The monoisotopic (exact) mass is 1050 g/mol. The van der Waals surface area contributed by atoms with Crippen molar-refractivity contribution < 1.29 is 74.5 Å². The molecule has 1 aromatic carbocycles. The summed E-state index contributed by atoms with van der Waals surface area (Å²) in [4.78, 5) is 133. The van der Waals surface area contributed by atoms with Crippen molar-refractivity contribution in [3.05, 3.63) is 29.8 Å². The van der Waals surface area contributed by atoms with Crippen LogP contribution in [0, 0.1) is 23.7 Å². The quantitative estimate of drug-likeness (QED) is 0.0407. The third-order valence-corrected chi connectivity index (χ3v) is 15.1. The van der Waals surface area contributed by atoms with Crippen LogP contribution in [0.15, 0.2) is 24.3 Å². The Kier molecular flexibility index (Phi) is 23.5. The molecule has 2 heterocycles. The lowest BCUT2D eigenvalue weighted by molar-refractivity contribution is -0.667. The molecule has 75 heavy (non-hydrogen) atoms. The van der Waals surface area contributed by atoms with E-state index in [2.05, 4.69) is 48.3 Å². The fraction of sp³-hybridized carbons (Fsp3) is 0.686. The molecule has 0 aromatic heterocycles. The van der Waals surface area contributed by atoms with Gasteiger partial charge in [-0.1, -0.05) is 44.2 Å². The third-order valence-electron chi connectivity index (χ3n) is 15.1. The van der Waals surface area contributed by atoms with Crippen LogP contribution in [0.2, 0.25) is 0 Å². The summed E-state index contributed by atoms with van der Waals surface area (Å²) in [6, 6.07) is -0.384. The number of quaternary nitrogens is 3. The van der Waals surface area contributed by atoms with E-state index in [0.29, 0.717) is 83.1 Å². The lowest BCUT2D eigenvalue weighted by Crippen LogP contribution is -2.90. The van der Waals surface area contributed by atoms with Crippen molar-refractivity contribution in [2.45, 2.75) is 165 Å². The van der Waals surface area contributed by atoms with Gasteiger partial charge in [-0.2, -0.15) is 0 Å². The van der Waals surface area contributed by atoms with Crippen molar-refractivity contribution in [1.82, 2.24) is 42.5 Å². The van der Waals surface area contributed by atoms with Crippen molar-refractivity contribution in [2.75, 3.05) is 32.7 Å². The number of carbonyl (C=O) groups excluding carboxylic acids is 10. The van der Waals surface area contributed by atoms with Crippen LogP contribution < -0.4 is 69.7 Å². The number of nitrogens with one attached hydrogen (secondary N) is 8. The molecule has 0 spiro atoms. The topological polar surface area (TPSA) is 397 Å². The van der Waals surface area contributed by atoms with E-state index in [9.17, 15) is 58.2 Å². The minimum Gasteiger partial charge on any atom is -0.550 e. The lowest BCUT2D eigenvalue weighted by Gasteiger charge is -2.35. The van der Waals surface area contributed by atoms with Gasteiger partial charge in [0.05, 0.1) is 56.6 Å². The second-order valence-electron chi connectivity index (χ2n) is 20.8. The third kappa shape index (κ3) is 18.4. The molecule has 0 bridgehead atoms. The molecular weight excluding hydrogens is 973 g/mol. The van der Waals surface area contributed by atoms with Gasteiger partial charge in [0.1, 0.15) is 41.8 Å². The zero-order chi connectivity index (χ0) is 54.6. The molecule has 2 aliphatic heterocycles. The van der Waals surface area contributed by atoms with Crippen molar-refractivity contribution in [2.24, 2.45) is 29.4 Å². The first kappa shape index (κ1) is 59.5. The van der Waals surface area contributed by atoms with Gasteiger partial charge in [-0.25, -0.2) is 0 Å². The first-order valence-corrected chi connectivity index (χ1v) is 26.9. The fourth-order valence-electron chi connectivity index (χ4n) is 10.9. The molecule has 24 heteroatoms. The smallest absolute Gasteiger partial charge is 0.243 e. The molecule has 5 rings (SSSR count). The predicted molar refractivity (Wildman–Crippen MR) is 267 cm³/mol. The summed E-state index contributed by atoms with van der Waals surface area (Å²) >= 11 is 0. The summed E-state index contributed by atoms with van der Waals surface area (Å²) in [5.41, 5.74) is 9.87. The standard InChI is InChI=1S/C51H80N12O12/c1-28(44(53)68)56-47(71)34-26-54-23-20-38(34)60-50(74)41(19-22-52)62-46(70)33-10-4-6-12-37(33)58-51(75)42(25-30-15-17-31(65)18-16-30)63-48(72)35-27-55-24-21-39(35)59-49(73)40(13-7-8-14-43(66)67)61-45(69)32-9-3-5-11-36(32)57-29(2)64/h15-18,28,32-42,54-55,65H,3-14,19-27,52H2,1-2H3,(H2,53,68)(H,56,71)(H,57,64)(H,58,75)(H,59,73)(H,60,74)(H,61,69)(H,62,70)(H,63,72)(H,66,67)/p+2/t28-,32?,33?,34?,35?,36?,37?,38?,39?,40-,41-,42-/m0/s1. The van der Waals surface area contributed by atoms with Crippen molar-refractivity contribution in [3.8, 4) is 5.75 Å². The van der Waals surface area contributed by atoms with Gasteiger partial charge >= 0.3 is 0 Å². The lowest BCUT2D eigenvalue weighted by atomic mass is 9.83. The number of carboxylic acid groups (broad SMARTS) is 1. The van der Waals surface area contributed by atoms with Gasteiger partial charge in [0.15, 0.2) is 0 Å². The number of aromatic hydroxyl groups is 1. The molecule has 9 amide bonds. The Labute approximate surface area is 437 Å². The average Bonchev–Trinajstić information content (AvgIpc) is 3.37. The van der Waals surface area contributed by atoms with E-state index in [0.717, 1.165) is 12.8 Å². The second kappa shape index (κ2) is 29.6. The highest BCUT2D eigenvalue weighted by molar-refractivity contribution is 5.93. The number of unbranched alkanes of at least 4 members (excludes halogenated alkanes) is 1. The molecule has 4 aliphatic rings. The predicted octanol–water partition coefficient (Wildman–Crippen LogP) is -6.17. The van der Waals surface area contributed by atoms with E-state index in [4.69, 9.17) is 5.73 Å². The normalized spacial score (nSPS) is 25.3. The summed E-state index contributed by atoms with van der Waals surface area (Å²) in [5, 5.41) is 48.2. The van der Waals surface area contributed by atoms with Crippen LogP contribution in [0.1, 0.15) is 116 Å². The van der Waals surface area contributed by atoms with Crippen LogP contribution in [0.3, 0.4) is 0 Å². The summed E-state index contributed by atoms with van der Waals surface area (Å²) in [6.45, 7) is 4.98. The van der Waals surface area contributed by atoms with Gasteiger partial charge in [0.25, 0.3) is 0 Å². The van der Waals surface area contributed by atoms with Crippen molar-refractivity contribution >= 4 is 59.1 Å². The number of piperidine rings is 2. The Bertz CT molecular complexity index is 2170. The van der Waals surface area contributed by atoms with Crippen LogP contribution in [0.25, 0.3) is 0 Å². The van der Waals surface area contributed by atoms with Crippen LogP contribution >= 0.6 is 0 Å². The van der Waals surface area contributed by atoms with Gasteiger partial charge in [0, 0.05) is 50.7 Å². The molecule has 2 saturated carbocycles. The number of benzene rings is 1. The second-order valence-corrected chi connectivity index (χ2v) is 20.8. The van der Waals surface area contributed by atoms with E-state index >= 15 is 0 Å². The van der Waals surface area contributed by atoms with E-state index in [1.807, 2.05) is 10.6 Å². The zero-order valence-corrected chi connectivity index (χ0v) is 43.5. The molecule has 8 unspecified atom stereocenters. The number of primary amides is 1. The number of rotatable bonds is 25. The number of phenols is 1. The SMILES string of the molecule is CC(=O)NC1CCCCC1C(=O)N[C@@H](CCCCC(=O)[O-])C(=O)NC1CC[NH2+]CC1C(=O)N[C@@H](Cc1ccc(O)cc1)C(=O)NC1CCCCC1C(=O)N[C@@H](CC[NH3+])C(=O)NC1CC[NH2+]CC1C(=O)N[C@@H](C)C(N)=O. The van der Waals surface area contributed by atoms with Crippen LogP contribution in [0.4, 0.5) is 0 Å². The summed E-state index contributed by atoms with van der Waals surface area (Å²) < 4.78 is 0. The molecule has 2 saturated heterocycles. The number of hydrogen-bond donors (Lipinski definition) is 13. The number of carboxylic acids is 1. The number of amides is 9. The molecular formula is C51H82N12O12+2. The summed E-state index contributed by atoms with van der Waals surface area (Å²) in [5.74, 6) is -8.47. The highest BCUT2D eigenvalue weighted by Gasteiger charge is 2.42. The molecule has 0 radical (unpaired) electrons. The van der Waals surface area contributed by atoms with Gasteiger partial charge in [-0.15, -0.1) is 0 Å². The van der Waals surface area contributed by atoms with Gasteiger partial charge in [0.2, 0.25) is 53.2 Å². The zero-order valence-electron chi connectivity index (χ0n) is 43.5. The molecule has 416 valence electrons. The molecule has 1 aromatic rings. The minimum atomic E-state index is -1.24. The maximum atomic E-state index is 14.5. The highest BCUT2D eigenvalue weighted by Crippen LogP contribution is 2.27. The number of carbonyl (C=O) groups is 10. The van der Waals surface area contributed by atoms with Crippen LogP contribution in [-0.2, 0) is 54.4 Å². The molecule has 24 nitrogen and oxygen atoms in total. The number of phenolic OH excluding ortho intramolecular Hbond substituents is 1.